The van der Waals surface area contributed by atoms with Gasteiger partial charge in [-0.3, -0.25) is 0 Å². The molecule has 0 aromatic rings. The Morgan fingerprint density at radius 3 is 1.60 bits per heavy atom. The Morgan fingerprint density at radius 2 is 1.16 bits per heavy atom. The first-order valence-electron chi connectivity index (χ1n) is 15.5. The molecule has 0 spiro atoms. The first-order chi connectivity index (χ1) is 20.1. The molecule has 1 aliphatic carbocycles. The van der Waals surface area contributed by atoms with Gasteiger partial charge in [-0.1, -0.05) is 151 Å². The minimum Gasteiger partial charge on any atom is -0.393 e. The summed E-state index contributed by atoms with van der Waals surface area (Å²) in [5.41, 5.74) is 8.52. The molecule has 0 saturated heterocycles. The largest absolute Gasteiger partial charge is 0.393 e. The van der Waals surface area contributed by atoms with Crippen LogP contribution >= 0.6 is 0 Å². The molecule has 1 atom stereocenters. The summed E-state index contributed by atoms with van der Waals surface area (Å²) in [5.74, 6) is 0. The van der Waals surface area contributed by atoms with E-state index in [4.69, 9.17) is 4.74 Å². The van der Waals surface area contributed by atoms with Crippen molar-refractivity contribution in [3.05, 3.63) is 142 Å². The molecule has 1 rings (SSSR count). The Morgan fingerprint density at radius 1 is 0.744 bits per heavy atom. The summed E-state index contributed by atoms with van der Waals surface area (Å²) < 4.78 is 5.45. The minimum atomic E-state index is -0.225. The third kappa shape index (κ3) is 16.9. The van der Waals surface area contributed by atoms with Crippen LogP contribution in [0.15, 0.2) is 142 Å². The zero-order chi connectivity index (χ0) is 32.5. The van der Waals surface area contributed by atoms with Gasteiger partial charge < -0.3 is 9.84 Å². The second-order valence-corrected chi connectivity index (χ2v) is 13.1. The number of aliphatic hydroxyl groups excluding tert-OH is 1. The van der Waals surface area contributed by atoms with Gasteiger partial charge in [-0.2, -0.15) is 0 Å². The zero-order valence-corrected chi connectivity index (χ0v) is 28.9. The fourth-order valence-electron chi connectivity index (χ4n) is 4.75. The van der Waals surface area contributed by atoms with Gasteiger partial charge in [0.15, 0.2) is 0 Å². The van der Waals surface area contributed by atoms with Gasteiger partial charge in [0, 0.05) is 7.11 Å². The lowest BCUT2D eigenvalue weighted by Crippen LogP contribution is -2.28. The lowest BCUT2D eigenvalue weighted by atomic mass is 9.71. The van der Waals surface area contributed by atoms with E-state index in [2.05, 4.69) is 173 Å². The molecule has 43 heavy (non-hydrogen) atoms. The molecule has 1 aliphatic rings. The first kappa shape index (κ1) is 37.8. The summed E-state index contributed by atoms with van der Waals surface area (Å²) in [6.07, 6.45) is 38.4. The highest BCUT2D eigenvalue weighted by Crippen LogP contribution is 2.41. The van der Waals surface area contributed by atoms with Crippen LogP contribution in [-0.2, 0) is 4.74 Å². The molecule has 1 unspecified atom stereocenters. The third-order valence-electron chi connectivity index (χ3n) is 7.52. The molecule has 2 heteroatoms. The Balaban J connectivity index is 2.61. The molecular formula is C41H58O2. The van der Waals surface area contributed by atoms with E-state index in [1.807, 2.05) is 0 Å². The second kappa shape index (κ2) is 19.2. The van der Waals surface area contributed by atoms with Gasteiger partial charge in [-0.25, -0.2) is 0 Å². The number of aliphatic hydroxyl groups is 1. The molecule has 0 amide bonds. The summed E-state index contributed by atoms with van der Waals surface area (Å²) in [5, 5.41) is 10.1. The highest BCUT2D eigenvalue weighted by atomic mass is 16.5. The smallest absolute Gasteiger partial charge is 0.0657 e. The summed E-state index contributed by atoms with van der Waals surface area (Å²) in [6, 6.07) is 0. The molecular weight excluding hydrogens is 524 g/mol. The van der Waals surface area contributed by atoms with E-state index in [0.29, 0.717) is 0 Å². The molecule has 0 aromatic heterocycles. The minimum absolute atomic E-state index is 0.00701. The fraction of sp³-hybridized carbons (Fsp3) is 0.415. The van der Waals surface area contributed by atoms with E-state index < -0.39 is 0 Å². The monoisotopic (exact) mass is 582 g/mol. The number of allylic oxidation sites excluding steroid dienone is 22. The van der Waals surface area contributed by atoms with E-state index in [1.54, 1.807) is 7.11 Å². The maximum Gasteiger partial charge on any atom is 0.0657 e. The predicted molar refractivity (Wildman–Crippen MR) is 191 cm³/mol. The number of hydrogen-bond acceptors (Lipinski definition) is 2. The van der Waals surface area contributed by atoms with Crippen LogP contribution in [0.2, 0.25) is 0 Å². The van der Waals surface area contributed by atoms with Crippen molar-refractivity contribution in [1.29, 1.82) is 0 Å². The van der Waals surface area contributed by atoms with Gasteiger partial charge in [0.05, 0.1) is 11.7 Å². The van der Waals surface area contributed by atoms with Crippen LogP contribution in [0.4, 0.5) is 0 Å². The third-order valence-corrected chi connectivity index (χ3v) is 7.52. The Bertz CT molecular complexity index is 1270. The van der Waals surface area contributed by atoms with Gasteiger partial charge in [0.25, 0.3) is 0 Å². The topological polar surface area (TPSA) is 29.5 Å². The van der Waals surface area contributed by atoms with E-state index in [-0.39, 0.29) is 17.1 Å². The number of hydrogen-bond donors (Lipinski definition) is 1. The van der Waals surface area contributed by atoms with Crippen molar-refractivity contribution < 1.29 is 9.84 Å². The molecule has 0 fully saturated rings. The SMILES string of the molecule is COC(C)(C)C/C=C/C(C)=C/C=C/C(C)=C/C=C/C(C)=C/C=C/C=C(C)/C=C/C=C(C)/C=C/C1=C(C)CC(O)CC1(C)C. The molecule has 0 aliphatic heterocycles. The van der Waals surface area contributed by atoms with Crippen molar-refractivity contribution >= 4 is 0 Å². The highest BCUT2D eigenvalue weighted by Gasteiger charge is 2.31. The van der Waals surface area contributed by atoms with Crippen molar-refractivity contribution in [2.45, 2.75) is 100 Å². The van der Waals surface area contributed by atoms with Gasteiger partial charge >= 0.3 is 0 Å². The normalized spacial score (nSPS) is 20.6. The van der Waals surface area contributed by atoms with Crippen molar-refractivity contribution in [2.24, 2.45) is 5.41 Å². The van der Waals surface area contributed by atoms with Crippen LogP contribution in [-0.4, -0.2) is 23.9 Å². The second-order valence-electron chi connectivity index (χ2n) is 13.1. The summed E-state index contributed by atoms with van der Waals surface area (Å²) in [4.78, 5) is 0. The summed E-state index contributed by atoms with van der Waals surface area (Å²) in [6.45, 7) is 21.3. The van der Waals surface area contributed by atoms with Crippen LogP contribution in [0.25, 0.3) is 0 Å². The van der Waals surface area contributed by atoms with Gasteiger partial charge in [0.2, 0.25) is 0 Å². The van der Waals surface area contributed by atoms with Crippen molar-refractivity contribution in [3.63, 3.8) is 0 Å². The Hall–Kier alpha value is -3.20. The van der Waals surface area contributed by atoms with E-state index in [1.165, 1.54) is 39.0 Å². The van der Waals surface area contributed by atoms with Gasteiger partial charge in [-0.05, 0) is 85.6 Å². The lowest BCUT2D eigenvalue weighted by Gasteiger charge is -2.35. The van der Waals surface area contributed by atoms with E-state index in [9.17, 15) is 5.11 Å². The molecule has 0 radical (unpaired) electrons. The van der Waals surface area contributed by atoms with Crippen molar-refractivity contribution in [1.82, 2.24) is 0 Å². The average molecular weight is 583 g/mol. The standard InChI is InChI=1S/C41H58O2/c1-32(20-14-22-34(3)23-15-24-35(4)26-17-29-41(9,10)43-11)18-12-13-19-33(2)21-16-25-36(5)27-28-39-37(6)30-38(42)31-40(39,7)8/h12-28,38,42H,29-31H2,1-11H3/b13-12+,20-14+,21-16+,23-15+,26-17+,28-27+,32-18+,33-19+,34-22+,35-24+,36-25+. The lowest BCUT2D eigenvalue weighted by molar-refractivity contribution is 0.0255. The average Bonchev–Trinajstić information content (AvgIpc) is 2.90. The summed E-state index contributed by atoms with van der Waals surface area (Å²) in [7, 11) is 1.75. The predicted octanol–water partition coefficient (Wildman–Crippen LogP) is 11.4. The molecule has 0 heterocycles. The fourth-order valence-corrected chi connectivity index (χ4v) is 4.75. The Labute approximate surface area is 264 Å². The van der Waals surface area contributed by atoms with Crippen LogP contribution in [0.3, 0.4) is 0 Å². The zero-order valence-electron chi connectivity index (χ0n) is 28.9. The molecule has 0 bridgehead atoms. The Kier molecular flexibility index (Phi) is 16.8. The van der Waals surface area contributed by atoms with Crippen LogP contribution in [0.1, 0.15) is 88.5 Å². The molecule has 234 valence electrons. The maximum absolute atomic E-state index is 10.1. The van der Waals surface area contributed by atoms with Crippen LogP contribution < -0.4 is 0 Å². The quantitative estimate of drug-likeness (QED) is 0.206. The van der Waals surface area contributed by atoms with Crippen molar-refractivity contribution in [2.75, 3.05) is 7.11 Å². The molecule has 1 N–H and O–H groups in total. The maximum atomic E-state index is 10.1. The van der Waals surface area contributed by atoms with Crippen LogP contribution in [0, 0.1) is 5.41 Å². The molecule has 2 nitrogen and oxygen atoms in total. The number of ether oxygens (including phenoxy) is 1. The van der Waals surface area contributed by atoms with Crippen LogP contribution in [0.5, 0.6) is 0 Å². The summed E-state index contributed by atoms with van der Waals surface area (Å²) >= 11 is 0. The molecule has 0 aromatic carbocycles. The van der Waals surface area contributed by atoms with E-state index in [0.717, 1.165) is 19.3 Å². The molecule has 0 saturated carbocycles. The van der Waals surface area contributed by atoms with Crippen molar-refractivity contribution in [3.8, 4) is 0 Å². The number of methoxy groups -OCH3 is 1. The first-order valence-corrected chi connectivity index (χ1v) is 15.5. The number of rotatable bonds is 14. The van der Waals surface area contributed by atoms with E-state index >= 15 is 0 Å². The van der Waals surface area contributed by atoms with Gasteiger partial charge in [-0.15, -0.1) is 0 Å². The highest BCUT2D eigenvalue weighted by molar-refractivity contribution is 5.38. The van der Waals surface area contributed by atoms with Gasteiger partial charge in [0.1, 0.15) is 0 Å².